The van der Waals surface area contributed by atoms with E-state index in [1.165, 1.54) is 7.05 Å². The second-order valence-electron chi connectivity index (χ2n) is 0.289. The number of hydrogen-bond donors (Lipinski definition) is 1. The molecule has 3 heteroatoms. The van der Waals surface area contributed by atoms with Crippen molar-refractivity contribution in [3.63, 3.8) is 0 Å². The van der Waals surface area contributed by atoms with E-state index in [9.17, 15) is 0 Å². The molecule has 24 valence electrons. The molecule has 0 heterocycles. The van der Waals surface area contributed by atoms with Gasteiger partial charge in [0, 0.05) is 5.28 Å². The zero-order valence-electron chi connectivity index (χ0n) is 2.34. The molecule has 0 spiro atoms. The van der Waals surface area contributed by atoms with Gasteiger partial charge in [-0.15, -0.1) is 0 Å². The third-order valence-corrected chi connectivity index (χ3v) is 0.0894. The molecule has 4 heavy (non-hydrogen) atoms. The third kappa shape index (κ3) is 1.40. The standard InChI is InChI=1S/CH4N2O/c1-2-3-4/h1H3,(H,2,4). The fourth-order valence-electron chi connectivity index (χ4n) is 0. The molecule has 0 amide bonds. The average molecular weight is 60.1 g/mol. The summed E-state index contributed by atoms with van der Waals surface area (Å²) >= 11 is 0. The molecule has 0 unspecified atom stereocenters. The number of rotatable bonds is 0. The predicted octanol–water partition coefficient (Wildman–Crippen LogP) is 0.458. The highest BCUT2D eigenvalue weighted by Gasteiger charge is 1.32. The molecule has 0 saturated carbocycles. The summed E-state index contributed by atoms with van der Waals surface area (Å²) in [6, 6.07) is 0. The first-order chi connectivity index (χ1) is 1.91. The Hall–Kier alpha value is -0.600. The molecule has 0 bridgehead atoms. The quantitative estimate of drug-likeness (QED) is 0.320. The highest BCUT2D eigenvalue weighted by atomic mass is 16.5. The Morgan fingerprint density at radius 3 is 2.00 bits per heavy atom. The third-order valence-electron chi connectivity index (χ3n) is 0.0894. The zero-order valence-corrected chi connectivity index (χ0v) is 2.34. The van der Waals surface area contributed by atoms with Crippen molar-refractivity contribution in [1.82, 2.24) is 0 Å². The van der Waals surface area contributed by atoms with Gasteiger partial charge >= 0.3 is 0 Å². The summed E-state index contributed by atoms with van der Waals surface area (Å²) in [5, 5.41) is 12.6. The van der Waals surface area contributed by atoms with Crippen LogP contribution in [-0.2, 0) is 0 Å². The van der Waals surface area contributed by atoms with Crippen molar-refractivity contribution in [3.8, 4) is 0 Å². The minimum atomic E-state index is 1.39. The molecular weight excluding hydrogens is 56.0 g/mol. The maximum atomic E-state index is 7.33. The Kier molecular flexibility index (Phi) is 2.04. The smallest absolute Gasteiger partial charge is 0.0524 e. The van der Waals surface area contributed by atoms with Gasteiger partial charge in [-0.05, 0) is 0 Å². The van der Waals surface area contributed by atoms with Crippen LogP contribution >= 0.6 is 0 Å². The van der Waals surface area contributed by atoms with E-state index in [0.717, 1.165) is 0 Å². The SMILES string of the molecule is CN=NO. The summed E-state index contributed by atoms with van der Waals surface area (Å²) in [5.41, 5.74) is 0. The van der Waals surface area contributed by atoms with E-state index in [4.69, 9.17) is 5.21 Å². The monoisotopic (exact) mass is 60.0 g/mol. The lowest BCUT2D eigenvalue weighted by Gasteiger charge is -1.53. The molecule has 0 fully saturated rings. The lowest BCUT2D eigenvalue weighted by atomic mass is 11.6. The van der Waals surface area contributed by atoms with Crippen LogP contribution in [0.2, 0.25) is 0 Å². The first kappa shape index (κ1) is 3.40. The highest BCUT2D eigenvalue weighted by molar-refractivity contribution is 3.83. The van der Waals surface area contributed by atoms with E-state index in [2.05, 4.69) is 10.4 Å². The topological polar surface area (TPSA) is 45.0 Å². The molecule has 0 aromatic heterocycles. The number of hydrogen-bond acceptors (Lipinski definition) is 2. The Bertz CT molecular complexity index is 21.2. The normalized spacial score (nSPS) is 9.25. The van der Waals surface area contributed by atoms with Crippen LogP contribution < -0.4 is 0 Å². The van der Waals surface area contributed by atoms with Gasteiger partial charge < -0.3 is 5.21 Å². The van der Waals surface area contributed by atoms with Gasteiger partial charge in [0.25, 0.3) is 0 Å². The van der Waals surface area contributed by atoms with Gasteiger partial charge in [0.05, 0.1) is 7.05 Å². The van der Waals surface area contributed by atoms with Crippen molar-refractivity contribution in [2.45, 2.75) is 0 Å². The van der Waals surface area contributed by atoms with Crippen molar-refractivity contribution in [1.29, 1.82) is 0 Å². The van der Waals surface area contributed by atoms with E-state index >= 15 is 0 Å². The Labute approximate surface area is 23.9 Å². The Morgan fingerprint density at radius 1 is 1.75 bits per heavy atom. The summed E-state index contributed by atoms with van der Waals surface area (Å²) in [4.78, 5) is 0. The summed E-state index contributed by atoms with van der Waals surface area (Å²) in [6.45, 7) is 0. The lowest BCUT2D eigenvalue weighted by Crippen LogP contribution is -1.40. The second kappa shape index (κ2) is 2.40. The largest absolute Gasteiger partial charge is 0.395 e. The second-order valence-corrected chi connectivity index (χ2v) is 0.289. The van der Waals surface area contributed by atoms with Crippen LogP contribution in [0.3, 0.4) is 0 Å². The van der Waals surface area contributed by atoms with Crippen LogP contribution in [0.5, 0.6) is 0 Å². The summed E-state index contributed by atoms with van der Waals surface area (Å²) in [6.07, 6.45) is 0. The molecule has 0 aliphatic carbocycles. The van der Waals surface area contributed by atoms with Gasteiger partial charge in [-0.1, -0.05) is 0 Å². The van der Waals surface area contributed by atoms with Gasteiger partial charge in [0.2, 0.25) is 0 Å². The minimum Gasteiger partial charge on any atom is -0.395 e. The lowest BCUT2D eigenvalue weighted by molar-refractivity contribution is 0.285. The van der Waals surface area contributed by atoms with Crippen molar-refractivity contribution in [2.75, 3.05) is 7.05 Å². The molecule has 0 aromatic carbocycles. The van der Waals surface area contributed by atoms with Gasteiger partial charge in [-0.3, -0.25) is 0 Å². The van der Waals surface area contributed by atoms with Crippen LogP contribution in [0.15, 0.2) is 10.4 Å². The van der Waals surface area contributed by atoms with E-state index in [0.29, 0.717) is 0 Å². The van der Waals surface area contributed by atoms with Crippen LogP contribution in [0.1, 0.15) is 0 Å². The maximum absolute atomic E-state index is 7.33. The summed E-state index contributed by atoms with van der Waals surface area (Å²) in [5.74, 6) is 0. The van der Waals surface area contributed by atoms with Gasteiger partial charge in [0.15, 0.2) is 0 Å². The minimum absolute atomic E-state index is 1.39. The van der Waals surface area contributed by atoms with Gasteiger partial charge in [-0.25, -0.2) is 0 Å². The molecule has 1 N–H and O–H groups in total. The highest BCUT2D eigenvalue weighted by Crippen LogP contribution is 1.47. The van der Waals surface area contributed by atoms with Crippen molar-refractivity contribution < 1.29 is 5.21 Å². The molecule has 0 saturated heterocycles. The van der Waals surface area contributed by atoms with Crippen molar-refractivity contribution in [3.05, 3.63) is 0 Å². The average Bonchev–Trinajstić information content (AvgIpc) is 1.37. The molecule has 0 aromatic rings. The van der Waals surface area contributed by atoms with E-state index in [1.807, 2.05) is 0 Å². The van der Waals surface area contributed by atoms with Gasteiger partial charge in [-0.2, -0.15) is 5.11 Å². The summed E-state index contributed by atoms with van der Waals surface area (Å²) < 4.78 is 0. The van der Waals surface area contributed by atoms with E-state index in [1.54, 1.807) is 0 Å². The Morgan fingerprint density at radius 2 is 2.00 bits per heavy atom. The maximum Gasteiger partial charge on any atom is 0.0524 e. The molecular formula is CH4N2O. The molecule has 0 rings (SSSR count). The molecule has 0 radical (unpaired) electrons. The molecule has 0 atom stereocenters. The first-order valence-corrected chi connectivity index (χ1v) is 0.847. The fraction of sp³-hybridized carbons (Fsp3) is 1.00. The van der Waals surface area contributed by atoms with E-state index < -0.39 is 0 Å². The molecule has 0 aliphatic rings. The van der Waals surface area contributed by atoms with Crippen LogP contribution in [-0.4, -0.2) is 12.3 Å². The van der Waals surface area contributed by atoms with Crippen LogP contribution in [0.25, 0.3) is 0 Å². The predicted molar refractivity (Wildman–Crippen MR) is 12.6 cm³/mol. The molecule has 3 nitrogen and oxygen atoms in total. The Balaban J connectivity index is 2.55. The zero-order chi connectivity index (χ0) is 3.41. The van der Waals surface area contributed by atoms with Crippen LogP contribution in [0.4, 0.5) is 0 Å². The number of nitrogens with zero attached hydrogens (tertiary/aromatic N) is 2. The van der Waals surface area contributed by atoms with E-state index in [-0.39, 0.29) is 0 Å². The molecule has 0 aliphatic heterocycles. The summed E-state index contributed by atoms with van der Waals surface area (Å²) in [7, 11) is 1.39. The van der Waals surface area contributed by atoms with Crippen molar-refractivity contribution in [2.24, 2.45) is 10.4 Å². The van der Waals surface area contributed by atoms with Crippen molar-refractivity contribution >= 4 is 0 Å². The van der Waals surface area contributed by atoms with Gasteiger partial charge in [0.1, 0.15) is 0 Å². The van der Waals surface area contributed by atoms with Crippen LogP contribution in [0, 0.1) is 0 Å². The first-order valence-electron chi connectivity index (χ1n) is 0.847. The fourth-order valence-corrected chi connectivity index (χ4v) is 0.